The first kappa shape index (κ1) is 19.5. The van der Waals surface area contributed by atoms with Gasteiger partial charge < -0.3 is 10.2 Å². The third kappa shape index (κ3) is 3.41. The predicted molar refractivity (Wildman–Crippen MR) is 102 cm³/mol. The molecule has 0 aromatic carbocycles. The van der Waals surface area contributed by atoms with Crippen molar-refractivity contribution in [1.29, 1.82) is 0 Å². The second-order valence-corrected chi connectivity index (χ2v) is 8.18. The number of allylic oxidation sites excluding steroid dienone is 3. The van der Waals surface area contributed by atoms with Crippen molar-refractivity contribution in [3.63, 3.8) is 0 Å². The molecule has 3 fully saturated rings. The van der Waals surface area contributed by atoms with E-state index in [0.717, 1.165) is 17.4 Å². The summed E-state index contributed by atoms with van der Waals surface area (Å²) in [4.78, 5) is 0. The average Bonchev–Trinajstić information content (AvgIpc) is 2.87. The van der Waals surface area contributed by atoms with Crippen LogP contribution in [0.3, 0.4) is 0 Å². The average molecular weight is 333 g/mol. The molecule has 2 nitrogen and oxygen atoms in total. The summed E-state index contributed by atoms with van der Waals surface area (Å²) in [5.74, 6) is 1.62. The Morgan fingerprint density at radius 3 is 2.46 bits per heavy atom. The van der Waals surface area contributed by atoms with Gasteiger partial charge in [0.2, 0.25) is 0 Å². The smallest absolute Gasteiger partial charge is 0.0809 e. The van der Waals surface area contributed by atoms with Gasteiger partial charge in [-0.25, -0.2) is 0 Å². The van der Waals surface area contributed by atoms with Crippen LogP contribution in [0.4, 0.5) is 0 Å². The minimum atomic E-state index is -0.587. The fraction of sp³-hybridized carbons (Fsp3) is 0.727. The monoisotopic (exact) mass is 332 g/mol. The van der Waals surface area contributed by atoms with Gasteiger partial charge in [-0.05, 0) is 67.8 Å². The lowest BCUT2D eigenvalue weighted by molar-refractivity contribution is 0.123. The van der Waals surface area contributed by atoms with E-state index in [1.807, 2.05) is 0 Å². The number of aliphatic hydroxyl groups excluding tert-OH is 2. The van der Waals surface area contributed by atoms with E-state index in [1.165, 1.54) is 38.5 Å². The van der Waals surface area contributed by atoms with E-state index in [9.17, 15) is 10.2 Å². The minimum absolute atomic E-state index is 0. The molecule has 0 spiro atoms. The summed E-state index contributed by atoms with van der Waals surface area (Å²) < 4.78 is 0. The zero-order valence-electron chi connectivity index (χ0n) is 14.7. The summed E-state index contributed by atoms with van der Waals surface area (Å²) in [7, 11) is 0. The van der Waals surface area contributed by atoms with E-state index in [1.54, 1.807) is 5.57 Å². The second kappa shape index (κ2) is 7.58. The van der Waals surface area contributed by atoms with E-state index < -0.39 is 12.2 Å². The highest BCUT2D eigenvalue weighted by Gasteiger charge is 2.48. The first-order chi connectivity index (χ1) is 11.0. The molecule has 0 aromatic heterocycles. The fourth-order valence-corrected chi connectivity index (χ4v) is 5.44. The first-order valence-electron chi connectivity index (χ1n) is 9.39. The number of rotatable bonds is 2. The van der Waals surface area contributed by atoms with E-state index in [2.05, 4.69) is 32.6 Å². The van der Waals surface area contributed by atoms with Crippen molar-refractivity contribution in [2.24, 2.45) is 17.3 Å². The lowest BCUT2D eigenvalue weighted by Gasteiger charge is -2.42. The standard InChI is InChI=1S/C21H32O2.CH4/c1-4-17-9-10-18-16(6-5-11-21(17,18)3)8-7-15-12-19(22)14(2)20(23)13-15;/h7-8,17-20,22-23H,2,4-6,9-13H2,1,3H3;1H4/b16-8+;/t17?,18?,19-,20-,21-;/m1./s1. The third-order valence-electron chi connectivity index (χ3n) is 6.95. The summed E-state index contributed by atoms with van der Waals surface area (Å²) in [5.41, 5.74) is 3.83. The molecule has 24 heavy (non-hydrogen) atoms. The van der Waals surface area contributed by atoms with Crippen molar-refractivity contribution in [2.75, 3.05) is 0 Å². The normalized spacial score (nSPS) is 41.1. The molecule has 5 atom stereocenters. The van der Waals surface area contributed by atoms with Crippen LogP contribution in [0.2, 0.25) is 0 Å². The topological polar surface area (TPSA) is 40.5 Å². The molecule has 3 saturated carbocycles. The minimum Gasteiger partial charge on any atom is -0.388 e. The second-order valence-electron chi connectivity index (χ2n) is 8.18. The van der Waals surface area contributed by atoms with E-state index in [0.29, 0.717) is 23.8 Å². The highest BCUT2D eigenvalue weighted by Crippen LogP contribution is 2.58. The summed E-state index contributed by atoms with van der Waals surface area (Å²) in [6.45, 7) is 8.64. The molecule has 0 amide bonds. The highest BCUT2D eigenvalue weighted by atomic mass is 16.3. The quantitative estimate of drug-likeness (QED) is 0.685. The van der Waals surface area contributed by atoms with Gasteiger partial charge in [0.25, 0.3) is 0 Å². The van der Waals surface area contributed by atoms with Crippen LogP contribution in [0.5, 0.6) is 0 Å². The molecule has 3 aliphatic carbocycles. The van der Waals surface area contributed by atoms with Crippen LogP contribution in [-0.4, -0.2) is 22.4 Å². The van der Waals surface area contributed by atoms with Gasteiger partial charge in [0.1, 0.15) is 0 Å². The van der Waals surface area contributed by atoms with Gasteiger partial charge in [0, 0.05) is 0 Å². The van der Waals surface area contributed by atoms with Crippen molar-refractivity contribution in [1.82, 2.24) is 0 Å². The Hall–Kier alpha value is -0.860. The molecule has 2 heteroatoms. The Labute approximate surface area is 148 Å². The van der Waals surface area contributed by atoms with E-state index in [4.69, 9.17) is 0 Å². The van der Waals surface area contributed by atoms with Crippen molar-refractivity contribution in [2.45, 2.75) is 84.8 Å². The van der Waals surface area contributed by atoms with Crippen LogP contribution in [0.25, 0.3) is 0 Å². The largest absolute Gasteiger partial charge is 0.388 e. The van der Waals surface area contributed by atoms with Crippen molar-refractivity contribution >= 4 is 0 Å². The van der Waals surface area contributed by atoms with Gasteiger partial charge in [-0.15, -0.1) is 0 Å². The Morgan fingerprint density at radius 2 is 1.83 bits per heavy atom. The number of hydrogen-bond acceptors (Lipinski definition) is 2. The predicted octanol–water partition coefficient (Wildman–Crippen LogP) is 5.17. The molecule has 0 aromatic rings. The zero-order chi connectivity index (χ0) is 16.6. The molecule has 0 heterocycles. The summed E-state index contributed by atoms with van der Waals surface area (Å²) in [6.07, 6.45) is 12.5. The van der Waals surface area contributed by atoms with Gasteiger partial charge in [-0.1, -0.05) is 57.6 Å². The Kier molecular flexibility index (Phi) is 6.14. The highest BCUT2D eigenvalue weighted by molar-refractivity contribution is 5.29. The number of hydrogen-bond donors (Lipinski definition) is 2. The van der Waals surface area contributed by atoms with Gasteiger partial charge in [0.15, 0.2) is 0 Å². The van der Waals surface area contributed by atoms with Crippen LogP contribution < -0.4 is 0 Å². The van der Waals surface area contributed by atoms with Crippen molar-refractivity contribution in [3.8, 4) is 0 Å². The molecule has 0 saturated heterocycles. The summed E-state index contributed by atoms with van der Waals surface area (Å²) >= 11 is 0. The molecule has 3 rings (SSSR count). The lowest BCUT2D eigenvalue weighted by atomic mass is 9.63. The van der Waals surface area contributed by atoms with Gasteiger partial charge >= 0.3 is 0 Å². The van der Waals surface area contributed by atoms with Crippen LogP contribution in [-0.2, 0) is 0 Å². The van der Waals surface area contributed by atoms with E-state index >= 15 is 0 Å². The SMILES string of the molecule is C.C=C1[C@H](O)CC(=C/C=C2\CCC[C@]3(C)C(CC)CCC23)C[C@H]1O. The van der Waals surface area contributed by atoms with Crippen LogP contribution in [0.1, 0.15) is 72.6 Å². The van der Waals surface area contributed by atoms with Gasteiger partial charge in [-0.3, -0.25) is 0 Å². The molecule has 2 unspecified atom stereocenters. The van der Waals surface area contributed by atoms with Crippen molar-refractivity contribution in [3.05, 3.63) is 35.5 Å². The molecule has 136 valence electrons. The van der Waals surface area contributed by atoms with Crippen LogP contribution in [0.15, 0.2) is 35.5 Å². The molecular weight excluding hydrogens is 296 g/mol. The first-order valence-corrected chi connectivity index (χ1v) is 9.39. The van der Waals surface area contributed by atoms with Crippen molar-refractivity contribution < 1.29 is 10.2 Å². The maximum absolute atomic E-state index is 9.99. The zero-order valence-corrected chi connectivity index (χ0v) is 14.7. The van der Waals surface area contributed by atoms with Gasteiger partial charge in [-0.2, -0.15) is 0 Å². The molecule has 0 bridgehead atoms. The maximum atomic E-state index is 9.99. The fourth-order valence-electron chi connectivity index (χ4n) is 5.44. The summed E-state index contributed by atoms with van der Waals surface area (Å²) in [5, 5.41) is 20.0. The number of fused-ring (bicyclic) bond motifs is 1. The molecule has 0 aliphatic heterocycles. The molecule has 2 N–H and O–H groups in total. The van der Waals surface area contributed by atoms with Crippen LogP contribution >= 0.6 is 0 Å². The summed E-state index contributed by atoms with van der Waals surface area (Å²) in [6, 6.07) is 0. The van der Waals surface area contributed by atoms with E-state index in [-0.39, 0.29) is 7.43 Å². The molecular formula is C22H36O2. The van der Waals surface area contributed by atoms with Gasteiger partial charge in [0.05, 0.1) is 12.2 Å². The Bertz CT molecular complexity index is 514. The molecule has 3 aliphatic rings. The Morgan fingerprint density at radius 1 is 1.17 bits per heavy atom. The number of aliphatic hydroxyl groups is 2. The Balaban J connectivity index is 0.00000208. The molecule has 0 radical (unpaired) electrons. The maximum Gasteiger partial charge on any atom is 0.0809 e. The van der Waals surface area contributed by atoms with Crippen LogP contribution in [0, 0.1) is 17.3 Å². The lowest BCUT2D eigenvalue weighted by Crippen LogP contribution is -2.33. The third-order valence-corrected chi connectivity index (χ3v) is 6.95.